The first-order chi connectivity index (χ1) is 8.49. The van der Waals surface area contributed by atoms with E-state index in [9.17, 15) is 4.79 Å². The predicted molar refractivity (Wildman–Crippen MR) is 78.4 cm³/mol. The minimum atomic E-state index is 0.115. The molecule has 0 aliphatic heterocycles. The van der Waals surface area contributed by atoms with Crippen LogP contribution in [0, 0.1) is 18.8 Å². The lowest BCUT2D eigenvalue weighted by Crippen LogP contribution is -2.24. The molecule has 1 aromatic rings. The van der Waals surface area contributed by atoms with Crippen LogP contribution in [0.2, 0.25) is 0 Å². The molecule has 0 saturated heterocycles. The van der Waals surface area contributed by atoms with E-state index in [1.54, 1.807) is 0 Å². The highest BCUT2D eigenvalue weighted by atomic mass is 79.9. The maximum atomic E-state index is 12.2. The van der Waals surface area contributed by atoms with E-state index in [1.165, 1.54) is 0 Å². The van der Waals surface area contributed by atoms with Crippen molar-refractivity contribution in [1.29, 1.82) is 0 Å². The van der Waals surface area contributed by atoms with Gasteiger partial charge in [0.2, 0.25) is 5.91 Å². The van der Waals surface area contributed by atoms with Gasteiger partial charge in [0, 0.05) is 16.1 Å². The SMILES string of the molecule is Cc1cc(Br)c(NC(=O)C2CCCC2C)cc1N. The van der Waals surface area contributed by atoms with Crippen molar-refractivity contribution in [2.45, 2.75) is 33.1 Å². The van der Waals surface area contributed by atoms with E-state index in [-0.39, 0.29) is 11.8 Å². The summed E-state index contributed by atoms with van der Waals surface area (Å²) in [5.41, 5.74) is 8.35. The molecule has 2 atom stereocenters. The van der Waals surface area contributed by atoms with Gasteiger partial charge in [-0.3, -0.25) is 4.79 Å². The Morgan fingerprint density at radius 3 is 2.78 bits per heavy atom. The molecule has 4 heteroatoms. The normalized spacial score (nSPS) is 23.1. The number of nitrogen functional groups attached to an aromatic ring is 1. The highest BCUT2D eigenvalue weighted by Crippen LogP contribution is 2.33. The quantitative estimate of drug-likeness (QED) is 0.818. The first-order valence-electron chi connectivity index (χ1n) is 6.35. The summed E-state index contributed by atoms with van der Waals surface area (Å²) in [6, 6.07) is 3.75. The van der Waals surface area contributed by atoms with Crippen molar-refractivity contribution in [1.82, 2.24) is 0 Å². The second kappa shape index (κ2) is 5.31. The Bertz CT molecular complexity index is 473. The number of carbonyl (C=O) groups excluding carboxylic acids is 1. The number of rotatable bonds is 2. The Hall–Kier alpha value is -1.03. The molecule has 0 heterocycles. The standard InChI is InChI=1S/C14H19BrN2O/c1-8-4-3-5-10(8)14(18)17-13-7-12(16)9(2)6-11(13)15/h6-8,10H,3-5,16H2,1-2H3,(H,17,18). The Labute approximate surface area is 116 Å². The molecular weight excluding hydrogens is 292 g/mol. The topological polar surface area (TPSA) is 55.1 Å². The van der Waals surface area contributed by atoms with E-state index in [0.29, 0.717) is 11.6 Å². The molecule has 1 saturated carbocycles. The molecule has 0 bridgehead atoms. The van der Waals surface area contributed by atoms with Gasteiger partial charge in [0.1, 0.15) is 0 Å². The van der Waals surface area contributed by atoms with Crippen LogP contribution >= 0.6 is 15.9 Å². The van der Waals surface area contributed by atoms with Crippen molar-refractivity contribution < 1.29 is 4.79 Å². The fourth-order valence-electron chi connectivity index (χ4n) is 2.55. The van der Waals surface area contributed by atoms with E-state index in [2.05, 4.69) is 28.2 Å². The van der Waals surface area contributed by atoms with Crippen LogP contribution in [0.3, 0.4) is 0 Å². The van der Waals surface area contributed by atoms with Gasteiger partial charge in [0.25, 0.3) is 0 Å². The summed E-state index contributed by atoms with van der Waals surface area (Å²) in [6.45, 7) is 4.10. The van der Waals surface area contributed by atoms with Crippen LogP contribution in [0.25, 0.3) is 0 Å². The fraction of sp³-hybridized carbons (Fsp3) is 0.500. The van der Waals surface area contributed by atoms with E-state index < -0.39 is 0 Å². The summed E-state index contributed by atoms with van der Waals surface area (Å²) in [6.07, 6.45) is 3.29. The van der Waals surface area contributed by atoms with E-state index in [0.717, 1.165) is 35.0 Å². The average Bonchev–Trinajstić information content (AvgIpc) is 2.72. The van der Waals surface area contributed by atoms with E-state index >= 15 is 0 Å². The summed E-state index contributed by atoms with van der Waals surface area (Å²) < 4.78 is 0.883. The monoisotopic (exact) mass is 310 g/mol. The number of anilines is 2. The first-order valence-corrected chi connectivity index (χ1v) is 7.15. The Morgan fingerprint density at radius 2 is 2.17 bits per heavy atom. The summed E-state index contributed by atoms with van der Waals surface area (Å²) in [5.74, 6) is 0.731. The summed E-state index contributed by atoms with van der Waals surface area (Å²) in [5, 5.41) is 2.98. The molecule has 2 rings (SSSR count). The molecule has 1 amide bonds. The molecule has 98 valence electrons. The van der Waals surface area contributed by atoms with Crippen molar-refractivity contribution >= 4 is 33.2 Å². The third-order valence-corrected chi connectivity index (χ3v) is 4.47. The van der Waals surface area contributed by atoms with Crippen molar-refractivity contribution in [2.24, 2.45) is 11.8 Å². The fourth-order valence-corrected chi connectivity index (χ4v) is 3.10. The number of carbonyl (C=O) groups is 1. The Morgan fingerprint density at radius 1 is 1.44 bits per heavy atom. The molecule has 3 nitrogen and oxygen atoms in total. The molecule has 1 aromatic carbocycles. The molecule has 1 aliphatic carbocycles. The summed E-state index contributed by atoms with van der Waals surface area (Å²) in [4.78, 5) is 12.2. The van der Waals surface area contributed by atoms with Gasteiger partial charge >= 0.3 is 0 Å². The smallest absolute Gasteiger partial charge is 0.227 e. The number of benzene rings is 1. The van der Waals surface area contributed by atoms with Gasteiger partial charge in [-0.05, 0) is 59.3 Å². The minimum absolute atomic E-state index is 0.115. The summed E-state index contributed by atoms with van der Waals surface area (Å²) in [7, 11) is 0. The molecule has 1 aliphatic rings. The van der Waals surface area contributed by atoms with Crippen molar-refractivity contribution in [3.8, 4) is 0 Å². The van der Waals surface area contributed by atoms with Crippen LogP contribution < -0.4 is 11.1 Å². The Kier molecular flexibility index (Phi) is 3.95. The molecule has 18 heavy (non-hydrogen) atoms. The number of amides is 1. The van der Waals surface area contributed by atoms with E-state index in [4.69, 9.17) is 5.73 Å². The second-order valence-electron chi connectivity index (χ2n) is 5.19. The van der Waals surface area contributed by atoms with Crippen LogP contribution in [-0.2, 0) is 4.79 Å². The molecule has 1 fully saturated rings. The minimum Gasteiger partial charge on any atom is -0.398 e. The molecular formula is C14H19BrN2O. The number of hydrogen-bond acceptors (Lipinski definition) is 2. The lowest BCUT2D eigenvalue weighted by atomic mass is 9.97. The maximum Gasteiger partial charge on any atom is 0.227 e. The number of halogens is 1. The van der Waals surface area contributed by atoms with Gasteiger partial charge in [-0.1, -0.05) is 13.3 Å². The van der Waals surface area contributed by atoms with Gasteiger partial charge in [0.05, 0.1) is 5.69 Å². The first kappa shape index (κ1) is 13.4. The van der Waals surface area contributed by atoms with Gasteiger partial charge < -0.3 is 11.1 Å². The third kappa shape index (κ3) is 2.69. The zero-order valence-corrected chi connectivity index (χ0v) is 12.4. The highest BCUT2D eigenvalue weighted by Gasteiger charge is 2.29. The van der Waals surface area contributed by atoms with Gasteiger partial charge in [-0.25, -0.2) is 0 Å². The lowest BCUT2D eigenvalue weighted by Gasteiger charge is -2.16. The van der Waals surface area contributed by atoms with Crippen LogP contribution in [0.1, 0.15) is 31.7 Å². The van der Waals surface area contributed by atoms with Gasteiger partial charge in [-0.2, -0.15) is 0 Å². The zero-order chi connectivity index (χ0) is 13.3. The average molecular weight is 311 g/mol. The third-order valence-electron chi connectivity index (χ3n) is 3.81. The highest BCUT2D eigenvalue weighted by molar-refractivity contribution is 9.10. The van der Waals surface area contributed by atoms with Crippen LogP contribution in [0.5, 0.6) is 0 Å². The second-order valence-corrected chi connectivity index (χ2v) is 6.05. The lowest BCUT2D eigenvalue weighted by molar-refractivity contribution is -0.120. The number of hydrogen-bond donors (Lipinski definition) is 2. The molecule has 3 N–H and O–H groups in total. The zero-order valence-electron chi connectivity index (χ0n) is 10.8. The largest absolute Gasteiger partial charge is 0.398 e. The van der Waals surface area contributed by atoms with Crippen LogP contribution in [-0.4, -0.2) is 5.91 Å². The molecule has 2 unspecified atom stereocenters. The van der Waals surface area contributed by atoms with E-state index in [1.807, 2.05) is 19.1 Å². The molecule has 0 aromatic heterocycles. The predicted octanol–water partition coefficient (Wildman–Crippen LogP) is 3.71. The number of nitrogens with one attached hydrogen (secondary N) is 1. The van der Waals surface area contributed by atoms with Crippen LogP contribution in [0.15, 0.2) is 16.6 Å². The van der Waals surface area contributed by atoms with Crippen LogP contribution in [0.4, 0.5) is 11.4 Å². The van der Waals surface area contributed by atoms with Crippen molar-refractivity contribution in [3.63, 3.8) is 0 Å². The number of aryl methyl sites for hydroxylation is 1. The van der Waals surface area contributed by atoms with Gasteiger partial charge in [0.15, 0.2) is 0 Å². The van der Waals surface area contributed by atoms with Crippen molar-refractivity contribution in [3.05, 3.63) is 22.2 Å². The number of nitrogens with two attached hydrogens (primary N) is 1. The van der Waals surface area contributed by atoms with Crippen molar-refractivity contribution in [2.75, 3.05) is 11.1 Å². The Balaban J connectivity index is 2.14. The van der Waals surface area contributed by atoms with Gasteiger partial charge in [-0.15, -0.1) is 0 Å². The molecule has 0 spiro atoms. The summed E-state index contributed by atoms with van der Waals surface area (Å²) >= 11 is 3.46. The maximum absolute atomic E-state index is 12.2. The molecule has 0 radical (unpaired) electrons.